The molecule has 0 aliphatic heterocycles. The van der Waals surface area contributed by atoms with E-state index in [0.29, 0.717) is 6.04 Å². The molecule has 0 unspecified atom stereocenters. The van der Waals surface area contributed by atoms with Gasteiger partial charge >= 0.3 is 0 Å². The van der Waals surface area contributed by atoms with Crippen LogP contribution in [-0.2, 0) is 0 Å². The average molecular weight is 220 g/mol. The number of aromatic nitrogens is 2. The zero-order chi connectivity index (χ0) is 11.4. The number of hydrogen-bond donors (Lipinski definition) is 2. The summed E-state index contributed by atoms with van der Waals surface area (Å²) in [7, 11) is 0. The quantitative estimate of drug-likeness (QED) is 0.773. The van der Waals surface area contributed by atoms with Crippen molar-refractivity contribution in [2.75, 3.05) is 17.2 Å². The Balaban J connectivity index is 1.83. The van der Waals surface area contributed by atoms with Gasteiger partial charge in [-0.2, -0.15) is 4.98 Å². The molecular formula is C12H20N4. The third-order valence-corrected chi connectivity index (χ3v) is 2.59. The summed E-state index contributed by atoms with van der Waals surface area (Å²) in [5.74, 6) is 2.38. The Hall–Kier alpha value is -1.32. The van der Waals surface area contributed by atoms with Gasteiger partial charge in [0.1, 0.15) is 5.82 Å². The first kappa shape index (κ1) is 11.2. The number of hydrogen-bond acceptors (Lipinski definition) is 4. The topological polar surface area (TPSA) is 49.8 Å². The molecule has 0 atom stereocenters. The molecule has 0 amide bonds. The molecule has 2 N–H and O–H groups in total. The summed E-state index contributed by atoms with van der Waals surface area (Å²) in [6, 6.07) is 2.52. The Morgan fingerprint density at radius 3 is 2.94 bits per heavy atom. The van der Waals surface area contributed by atoms with Gasteiger partial charge in [-0.05, 0) is 31.2 Å². The molecule has 1 saturated carbocycles. The first-order chi connectivity index (χ1) is 7.74. The summed E-state index contributed by atoms with van der Waals surface area (Å²) in [4.78, 5) is 8.62. The molecule has 0 saturated heterocycles. The molecule has 2 rings (SSSR count). The lowest BCUT2D eigenvalue weighted by atomic mass is 10.1. The molecule has 1 aromatic rings. The van der Waals surface area contributed by atoms with Crippen LogP contribution >= 0.6 is 0 Å². The second-order valence-corrected chi connectivity index (χ2v) is 4.79. The third-order valence-electron chi connectivity index (χ3n) is 2.59. The van der Waals surface area contributed by atoms with Crippen LogP contribution in [0.3, 0.4) is 0 Å². The predicted molar refractivity (Wildman–Crippen MR) is 66.6 cm³/mol. The maximum Gasteiger partial charge on any atom is 0.224 e. The highest BCUT2D eigenvalue weighted by molar-refractivity contribution is 5.40. The maximum atomic E-state index is 4.42. The molecule has 0 aromatic carbocycles. The van der Waals surface area contributed by atoms with Crippen LogP contribution in [0.15, 0.2) is 12.3 Å². The van der Waals surface area contributed by atoms with E-state index in [2.05, 4.69) is 34.4 Å². The molecule has 16 heavy (non-hydrogen) atoms. The predicted octanol–water partition coefficient (Wildman–Crippen LogP) is 2.51. The highest BCUT2D eigenvalue weighted by atomic mass is 15.2. The van der Waals surface area contributed by atoms with E-state index in [1.807, 2.05) is 6.07 Å². The van der Waals surface area contributed by atoms with E-state index in [9.17, 15) is 0 Å². The highest BCUT2D eigenvalue weighted by Gasteiger charge is 2.21. The monoisotopic (exact) mass is 220 g/mol. The van der Waals surface area contributed by atoms with Gasteiger partial charge in [0.2, 0.25) is 5.95 Å². The van der Waals surface area contributed by atoms with Crippen molar-refractivity contribution in [3.8, 4) is 0 Å². The first-order valence-electron chi connectivity index (χ1n) is 6.07. The Kier molecular flexibility index (Phi) is 3.59. The summed E-state index contributed by atoms with van der Waals surface area (Å²) in [6.07, 6.45) is 5.45. The first-order valence-corrected chi connectivity index (χ1v) is 6.07. The Morgan fingerprint density at radius 2 is 2.25 bits per heavy atom. The SMILES string of the molecule is CC(C)CCNc1ccnc(NC2CC2)n1. The van der Waals surface area contributed by atoms with Crippen LogP contribution < -0.4 is 10.6 Å². The van der Waals surface area contributed by atoms with Crippen LogP contribution in [-0.4, -0.2) is 22.6 Å². The second kappa shape index (κ2) is 5.14. The van der Waals surface area contributed by atoms with Gasteiger partial charge in [0, 0.05) is 18.8 Å². The molecule has 1 aromatic heterocycles. The summed E-state index contributed by atoms with van der Waals surface area (Å²) in [6.45, 7) is 5.42. The van der Waals surface area contributed by atoms with Gasteiger partial charge in [-0.1, -0.05) is 13.8 Å². The van der Waals surface area contributed by atoms with E-state index in [1.54, 1.807) is 6.20 Å². The smallest absolute Gasteiger partial charge is 0.224 e. The van der Waals surface area contributed by atoms with Crippen molar-refractivity contribution in [2.24, 2.45) is 5.92 Å². The fourth-order valence-corrected chi connectivity index (χ4v) is 1.43. The standard InChI is InChI=1S/C12H20N4/c1-9(2)5-7-13-11-6-8-14-12(16-11)15-10-3-4-10/h6,8-10H,3-5,7H2,1-2H3,(H2,13,14,15,16). The van der Waals surface area contributed by atoms with Crippen molar-refractivity contribution in [3.05, 3.63) is 12.3 Å². The fraction of sp³-hybridized carbons (Fsp3) is 0.667. The Morgan fingerprint density at radius 1 is 1.44 bits per heavy atom. The lowest BCUT2D eigenvalue weighted by Crippen LogP contribution is -2.09. The van der Waals surface area contributed by atoms with E-state index in [1.165, 1.54) is 12.8 Å². The van der Waals surface area contributed by atoms with Crippen molar-refractivity contribution >= 4 is 11.8 Å². The van der Waals surface area contributed by atoms with Gasteiger partial charge in [0.05, 0.1) is 0 Å². The maximum absolute atomic E-state index is 4.42. The van der Waals surface area contributed by atoms with Gasteiger partial charge in [0.15, 0.2) is 0 Å². The summed E-state index contributed by atoms with van der Waals surface area (Å²) in [5, 5.41) is 6.61. The Labute approximate surface area is 96.9 Å². The van der Waals surface area contributed by atoms with Crippen molar-refractivity contribution in [3.63, 3.8) is 0 Å². The van der Waals surface area contributed by atoms with Crippen molar-refractivity contribution in [1.29, 1.82) is 0 Å². The molecule has 1 fully saturated rings. The van der Waals surface area contributed by atoms with E-state index in [-0.39, 0.29) is 0 Å². The van der Waals surface area contributed by atoms with Crippen LogP contribution in [0, 0.1) is 5.92 Å². The number of anilines is 2. The number of rotatable bonds is 6. The minimum Gasteiger partial charge on any atom is -0.370 e. The van der Waals surface area contributed by atoms with Crippen LogP contribution in [0.1, 0.15) is 33.1 Å². The van der Waals surface area contributed by atoms with E-state index >= 15 is 0 Å². The van der Waals surface area contributed by atoms with Gasteiger partial charge in [-0.15, -0.1) is 0 Å². The normalized spacial score (nSPS) is 15.2. The lowest BCUT2D eigenvalue weighted by molar-refractivity contribution is 0.606. The van der Waals surface area contributed by atoms with Gasteiger partial charge in [-0.3, -0.25) is 0 Å². The molecule has 0 bridgehead atoms. The van der Waals surface area contributed by atoms with E-state index in [4.69, 9.17) is 0 Å². The minimum atomic E-state index is 0.603. The van der Waals surface area contributed by atoms with Gasteiger partial charge < -0.3 is 10.6 Å². The molecule has 0 spiro atoms. The molecule has 0 radical (unpaired) electrons. The van der Waals surface area contributed by atoms with Gasteiger partial charge in [-0.25, -0.2) is 4.98 Å². The van der Waals surface area contributed by atoms with Crippen LogP contribution in [0.4, 0.5) is 11.8 Å². The van der Waals surface area contributed by atoms with Crippen LogP contribution in [0.25, 0.3) is 0 Å². The van der Waals surface area contributed by atoms with E-state index in [0.717, 1.165) is 30.6 Å². The molecule has 1 aliphatic rings. The van der Waals surface area contributed by atoms with Crippen molar-refractivity contribution in [1.82, 2.24) is 9.97 Å². The average Bonchev–Trinajstić information content (AvgIpc) is 3.02. The highest BCUT2D eigenvalue weighted by Crippen LogP contribution is 2.23. The number of nitrogens with one attached hydrogen (secondary N) is 2. The zero-order valence-electron chi connectivity index (χ0n) is 10.0. The summed E-state index contributed by atoms with van der Waals surface area (Å²) in [5.41, 5.74) is 0. The molecule has 4 nitrogen and oxygen atoms in total. The molecule has 1 aliphatic carbocycles. The lowest BCUT2D eigenvalue weighted by Gasteiger charge is -2.08. The van der Waals surface area contributed by atoms with Crippen molar-refractivity contribution < 1.29 is 0 Å². The van der Waals surface area contributed by atoms with Crippen molar-refractivity contribution in [2.45, 2.75) is 39.2 Å². The zero-order valence-corrected chi connectivity index (χ0v) is 10.0. The van der Waals surface area contributed by atoms with Crippen LogP contribution in [0.2, 0.25) is 0 Å². The van der Waals surface area contributed by atoms with Crippen LogP contribution in [0.5, 0.6) is 0 Å². The minimum absolute atomic E-state index is 0.603. The molecule has 4 heteroatoms. The number of nitrogens with zero attached hydrogens (tertiary/aromatic N) is 2. The second-order valence-electron chi connectivity index (χ2n) is 4.79. The van der Waals surface area contributed by atoms with E-state index < -0.39 is 0 Å². The summed E-state index contributed by atoms with van der Waals surface area (Å²) < 4.78 is 0. The third kappa shape index (κ3) is 3.68. The fourth-order valence-electron chi connectivity index (χ4n) is 1.43. The largest absolute Gasteiger partial charge is 0.370 e. The molecular weight excluding hydrogens is 200 g/mol. The van der Waals surface area contributed by atoms with Gasteiger partial charge in [0.25, 0.3) is 0 Å². The molecule has 1 heterocycles. The summed E-state index contributed by atoms with van der Waals surface area (Å²) >= 11 is 0. The Bertz CT molecular complexity index is 334. The molecule has 88 valence electrons.